The second-order valence-electron chi connectivity index (χ2n) is 5.34. The maximum Gasteiger partial charge on any atom is 0.319 e. The van der Waals surface area contributed by atoms with E-state index in [4.69, 9.17) is 4.74 Å². The Kier molecular flexibility index (Phi) is 5.16. The molecular formula is C16H22N4O2. The van der Waals surface area contributed by atoms with Crippen molar-refractivity contribution in [3.8, 4) is 5.69 Å². The first-order valence-corrected chi connectivity index (χ1v) is 7.19. The van der Waals surface area contributed by atoms with E-state index in [-0.39, 0.29) is 12.1 Å². The van der Waals surface area contributed by atoms with Crippen LogP contribution in [-0.2, 0) is 4.74 Å². The number of carbonyl (C=O) groups is 1. The number of carbonyl (C=O) groups excluding carboxylic acids is 1. The van der Waals surface area contributed by atoms with Crippen molar-refractivity contribution in [1.29, 1.82) is 0 Å². The summed E-state index contributed by atoms with van der Waals surface area (Å²) in [6.07, 6.45) is 0. The molecule has 2 amide bonds. The molecule has 0 unspecified atom stereocenters. The molecule has 118 valence electrons. The summed E-state index contributed by atoms with van der Waals surface area (Å²) in [6, 6.07) is 9.28. The largest absolute Gasteiger partial charge is 0.383 e. The van der Waals surface area contributed by atoms with Crippen molar-refractivity contribution in [1.82, 2.24) is 15.1 Å². The van der Waals surface area contributed by atoms with Crippen LogP contribution in [0.3, 0.4) is 0 Å². The summed E-state index contributed by atoms with van der Waals surface area (Å²) < 4.78 is 6.85. The molecule has 0 aliphatic carbocycles. The Morgan fingerprint density at radius 1 is 1.36 bits per heavy atom. The van der Waals surface area contributed by atoms with Crippen molar-refractivity contribution in [3.63, 3.8) is 0 Å². The number of ether oxygens (including phenoxy) is 1. The number of aromatic nitrogens is 2. The van der Waals surface area contributed by atoms with Gasteiger partial charge in [0.2, 0.25) is 0 Å². The summed E-state index contributed by atoms with van der Waals surface area (Å²) in [5.41, 5.74) is 3.63. The SMILES string of the molecule is COC[C@H](C)NC(=O)Nc1cccc(-n2nc(C)cc2C)c1. The van der Waals surface area contributed by atoms with Gasteiger partial charge in [-0.3, -0.25) is 0 Å². The summed E-state index contributed by atoms with van der Waals surface area (Å²) >= 11 is 0. The van der Waals surface area contributed by atoms with Crippen molar-refractivity contribution >= 4 is 11.7 Å². The number of aryl methyl sites for hydroxylation is 2. The van der Waals surface area contributed by atoms with Crippen LogP contribution in [0.25, 0.3) is 5.69 Å². The molecule has 0 radical (unpaired) electrons. The number of rotatable bonds is 5. The van der Waals surface area contributed by atoms with E-state index < -0.39 is 0 Å². The van der Waals surface area contributed by atoms with E-state index >= 15 is 0 Å². The monoisotopic (exact) mass is 302 g/mol. The zero-order valence-corrected chi connectivity index (χ0v) is 13.4. The van der Waals surface area contributed by atoms with Crippen LogP contribution in [-0.4, -0.2) is 35.6 Å². The number of amides is 2. The number of urea groups is 1. The number of benzene rings is 1. The minimum Gasteiger partial charge on any atom is -0.383 e. The maximum atomic E-state index is 11.9. The Hall–Kier alpha value is -2.34. The first kappa shape index (κ1) is 16.0. The number of nitrogens with one attached hydrogen (secondary N) is 2. The van der Waals surface area contributed by atoms with Crippen molar-refractivity contribution in [3.05, 3.63) is 41.7 Å². The molecule has 1 aromatic carbocycles. The number of methoxy groups -OCH3 is 1. The second kappa shape index (κ2) is 7.09. The van der Waals surface area contributed by atoms with Gasteiger partial charge in [-0.05, 0) is 45.0 Å². The van der Waals surface area contributed by atoms with Gasteiger partial charge in [0.25, 0.3) is 0 Å². The summed E-state index contributed by atoms with van der Waals surface area (Å²) in [6.45, 7) is 6.31. The Balaban J connectivity index is 2.09. The number of anilines is 1. The molecule has 1 atom stereocenters. The Labute approximate surface area is 130 Å². The summed E-state index contributed by atoms with van der Waals surface area (Å²) in [5.74, 6) is 0. The zero-order valence-electron chi connectivity index (χ0n) is 13.4. The number of hydrogen-bond acceptors (Lipinski definition) is 3. The van der Waals surface area contributed by atoms with Gasteiger partial charge >= 0.3 is 6.03 Å². The van der Waals surface area contributed by atoms with Crippen molar-refractivity contribution in [2.75, 3.05) is 19.0 Å². The quantitative estimate of drug-likeness (QED) is 0.892. The van der Waals surface area contributed by atoms with Crippen LogP contribution < -0.4 is 10.6 Å². The van der Waals surface area contributed by atoms with Gasteiger partial charge in [-0.2, -0.15) is 5.10 Å². The molecule has 0 aliphatic heterocycles. The molecule has 0 saturated heterocycles. The molecule has 2 rings (SSSR count). The normalized spacial score (nSPS) is 12.0. The van der Waals surface area contributed by atoms with E-state index in [1.165, 1.54) is 0 Å². The van der Waals surface area contributed by atoms with Gasteiger partial charge in [0.05, 0.1) is 24.0 Å². The lowest BCUT2D eigenvalue weighted by atomic mass is 10.2. The van der Waals surface area contributed by atoms with Crippen LogP contribution in [0.5, 0.6) is 0 Å². The van der Waals surface area contributed by atoms with Crippen LogP contribution in [0.2, 0.25) is 0 Å². The lowest BCUT2D eigenvalue weighted by molar-refractivity contribution is 0.173. The first-order valence-electron chi connectivity index (χ1n) is 7.19. The van der Waals surface area contributed by atoms with Crippen LogP contribution in [0.4, 0.5) is 10.5 Å². The molecule has 0 bridgehead atoms. The van der Waals surface area contributed by atoms with Gasteiger partial charge in [0.1, 0.15) is 0 Å². The predicted molar refractivity (Wildman–Crippen MR) is 86.5 cm³/mol. The van der Waals surface area contributed by atoms with E-state index in [1.807, 2.05) is 55.8 Å². The second-order valence-corrected chi connectivity index (χ2v) is 5.34. The topological polar surface area (TPSA) is 68.2 Å². The van der Waals surface area contributed by atoms with E-state index in [0.29, 0.717) is 12.3 Å². The lowest BCUT2D eigenvalue weighted by Gasteiger charge is -2.14. The van der Waals surface area contributed by atoms with Gasteiger partial charge < -0.3 is 15.4 Å². The fraction of sp³-hybridized carbons (Fsp3) is 0.375. The summed E-state index contributed by atoms with van der Waals surface area (Å²) in [5, 5.41) is 10.1. The molecule has 0 saturated carbocycles. The fourth-order valence-electron chi connectivity index (χ4n) is 2.29. The Morgan fingerprint density at radius 3 is 2.77 bits per heavy atom. The standard InChI is InChI=1S/C16H22N4O2/c1-11-8-13(3)20(19-11)15-7-5-6-14(9-15)18-16(21)17-12(2)10-22-4/h5-9,12H,10H2,1-4H3,(H2,17,18,21)/t12-/m0/s1. The highest BCUT2D eigenvalue weighted by Crippen LogP contribution is 2.16. The Bertz CT molecular complexity index is 651. The minimum absolute atomic E-state index is 0.0517. The average molecular weight is 302 g/mol. The summed E-state index contributed by atoms with van der Waals surface area (Å²) in [7, 11) is 1.61. The first-order chi connectivity index (χ1) is 10.5. The van der Waals surface area contributed by atoms with Gasteiger partial charge in [-0.25, -0.2) is 9.48 Å². The highest BCUT2D eigenvalue weighted by atomic mass is 16.5. The van der Waals surface area contributed by atoms with Crippen LogP contribution >= 0.6 is 0 Å². The van der Waals surface area contributed by atoms with Crippen molar-refractivity contribution in [2.24, 2.45) is 0 Å². The maximum absolute atomic E-state index is 11.9. The predicted octanol–water partition coefficient (Wildman–Crippen LogP) is 2.65. The van der Waals surface area contributed by atoms with Gasteiger partial charge in [0, 0.05) is 18.5 Å². The smallest absolute Gasteiger partial charge is 0.319 e. The van der Waals surface area contributed by atoms with Crippen LogP contribution in [0.1, 0.15) is 18.3 Å². The molecule has 1 heterocycles. The number of hydrogen-bond donors (Lipinski definition) is 2. The van der Waals surface area contributed by atoms with Crippen molar-refractivity contribution < 1.29 is 9.53 Å². The van der Waals surface area contributed by atoms with Crippen LogP contribution in [0.15, 0.2) is 30.3 Å². The molecule has 6 heteroatoms. The van der Waals surface area contributed by atoms with Gasteiger partial charge in [0.15, 0.2) is 0 Å². The highest BCUT2D eigenvalue weighted by Gasteiger charge is 2.08. The molecule has 6 nitrogen and oxygen atoms in total. The molecule has 1 aromatic heterocycles. The minimum atomic E-state index is -0.255. The third kappa shape index (κ3) is 4.08. The highest BCUT2D eigenvalue weighted by molar-refractivity contribution is 5.89. The lowest BCUT2D eigenvalue weighted by Crippen LogP contribution is -2.38. The van der Waals surface area contributed by atoms with E-state index in [0.717, 1.165) is 17.1 Å². The fourth-order valence-corrected chi connectivity index (χ4v) is 2.29. The Morgan fingerprint density at radius 2 is 2.14 bits per heavy atom. The van der Waals surface area contributed by atoms with E-state index in [1.54, 1.807) is 7.11 Å². The third-order valence-electron chi connectivity index (χ3n) is 3.15. The van der Waals surface area contributed by atoms with E-state index in [9.17, 15) is 4.79 Å². The molecule has 0 spiro atoms. The molecule has 2 aromatic rings. The van der Waals surface area contributed by atoms with E-state index in [2.05, 4.69) is 15.7 Å². The number of nitrogens with zero attached hydrogens (tertiary/aromatic N) is 2. The average Bonchev–Trinajstić information content (AvgIpc) is 2.78. The van der Waals surface area contributed by atoms with Gasteiger partial charge in [-0.15, -0.1) is 0 Å². The molecule has 0 fully saturated rings. The molecular weight excluding hydrogens is 280 g/mol. The van der Waals surface area contributed by atoms with Gasteiger partial charge in [-0.1, -0.05) is 6.07 Å². The van der Waals surface area contributed by atoms with Crippen molar-refractivity contribution in [2.45, 2.75) is 26.8 Å². The summed E-state index contributed by atoms with van der Waals surface area (Å²) in [4.78, 5) is 11.9. The molecule has 0 aliphatic rings. The zero-order chi connectivity index (χ0) is 16.1. The molecule has 22 heavy (non-hydrogen) atoms. The third-order valence-corrected chi connectivity index (χ3v) is 3.15. The van der Waals surface area contributed by atoms with Crippen LogP contribution in [0, 0.1) is 13.8 Å². The molecule has 2 N–H and O–H groups in total.